The van der Waals surface area contributed by atoms with E-state index in [0.717, 1.165) is 12.0 Å². The van der Waals surface area contributed by atoms with Crippen LogP contribution in [-0.2, 0) is 6.42 Å². The van der Waals surface area contributed by atoms with Gasteiger partial charge in [-0.05, 0) is 23.3 Å². The van der Waals surface area contributed by atoms with E-state index in [9.17, 15) is 4.79 Å². The molecule has 1 amide bonds. The third-order valence-electron chi connectivity index (χ3n) is 2.14. The molecule has 0 bridgehead atoms. The molecule has 0 fully saturated rings. The molecule has 1 aromatic rings. The minimum Gasteiger partial charge on any atom is -0.390 e. The second kappa shape index (κ2) is 4.66. The van der Waals surface area contributed by atoms with Crippen molar-refractivity contribution in [3.05, 3.63) is 16.5 Å². The summed E-state index contributed by atoms with van der Waals surface area (Å²) in [5.41, 5.74) is 7.60. The number of carbonyl (C=O) groups excluding carboxylic acids is 1. The SMILES string of the molecule is CC(C)Cc1csc(N)c1C(=O)N(C)C. The Morgan fingerprint density at radius 3 is 2.60 bits per heavy atom. The Kier molecular flexibility index (Phi) is 3.74. The topological polar surface area (TPSA) is 46.3 Å². The van der Waals surface area contributed by atoms with Crippen molar-refractivity contribution >= 4 is 22.2 Å². The van der Waals surface area contributed by atoms with E-state index in [-0.39, 0.29) is 5.91 Å². The average Bonchev–Trinajstić information content (AvgIpc) is 2.45. The summed E-state index contributed by atoms with van der Waals surface area (Å²) in [6.07, 6.45) is 0.905. The highest BCUT2D eigenvalue weighted by Crippen LogP contribution is 2.28. The molecule has 0 radical (unpaired) electrons. The number of nitrogen functional groups attached to an aromatic ring is 1. The van der Waals surface area contributed by atoms with E-state index in [2.05, 4.69) is 13.8 Å². The first-order valence-electron chi connectivity index (χ1n) is 5.01. The average molecular weight is 226 g/mol. The van der Waals surface area contributed by atoms with Crippen LogP contribution in [0.25, 0.3) is 0 Å². The molecule has 1 rings (SSSR count). The first-order valence-corrected chi connectivity index (χ1v) is 5.89. The van der Waals surface area contributed by atoms with Crippen LogP contribution in [-0.4, -0.2) is 24.9 Å². The van der Waals surface area contributed by atoms with Crippen molar-refractivity contribution in [2.45, 2.75) is 20.3 Å². The summed E-state index contributed by atoms with van der Waals surface area (Å²) in [7, 11) is 3.50. The molecule has 1 aromatic heterocycles. The summed E-state index contributed by atoms with van der Waals surface area (Å²) in [5.74, 6) is 0.539. The summed E-state index contributed by atoms with van der Waals surface area (Å²) in [6.45, 7) is 4.27. The van der Waals surface area contributed by atoms with Crippen LogP contribution in [0.1, 0.15) is 29.8 Å². The fourth-order valence-corrected chi connectivity index (χ4v) is 2.29. The lowest BCUT2D eigenvalue weighted by Gasteiger charge is -2.12. The molecule has 0 aliphatic rings. The van der Waals surface area contributed by atoms with E-state index >= 15 is 0 Å². The summed E-state index contributed by atoms with van der Waals surface area (Å²) >= 11 is 1.45. The highest BCUT2D eigenvalue weighted by molar-refractivity contribution is 7.14. The Morgan fingerprint density at radius 1 is 1.53 bits per heavy atom. The molecular formula is C11H18N2OS. The Morgan fingerprint density at radius 2 is 2.13 bits per heavy atom. The lowest BCUT2D eigenvalue weighted by Crippen LogP contribution is -2.23. The summed E-state index contributed by atoms with van der Waals surface area (Å²) in [6, 6.07) is 0. The van der Waals surface area contributed by atoms with Gasteiger partial charge in [-0.25, -0.2) is 0 Å². The molecule has 15 heavy (non-hydrogen) atoms. The first kappa shape index (κ1) is 12.0. The molecule has 0 atom stereocenters. The Balaban J connectivity index is 3.04. The maximum Gasteiger partial charge on any atom is 0.256 e. The number of carbonyl (C=O) groups is 1. The van der Waals surface area contributed by atoms with Gasteiger partial charge in [0.25, 0.3) is 5.91 Å². The fraction of sp³-hybridized carbons (Fsp3) is 0.545. The van der Waals surface area contributed by atoms with Crippen molar-refractivity contribution in [2.75, 3.05) is 19.8 Å². The summed E-state index contributed by atoms with van der Waals surface area (Å²) < 4.78 is 0. The normalized spacial score (nSPS) is 10.7. The number of anilines is 1. The third kappa shape index (κ3) is 2.72. The third-order valence-corrected chi connectivity index (χ3v) is 3.00. The fourth-order valence-electron chi connectivity index (χ4n) is 1.47. The maximum absolute atomic E-state index is 11.9. The standard InChI is InChI=1S/C11H18N2OS/c1-7(2)5-8-6-15-10(12)9(8)11(14)13(3)4/h6-7H,5,12H2,1-4H3. The van der Waals surface area contributed by atoms with Crippen LogP contribution in [0.2, 0.25) is 0 Å². The Bertz CT molecular complexity index is 355. The van der Waals surface area contributed by atoms with E-state index in [4.69, 9.17) is 5.73 Å². The van der Waals surface area contributed by atoms with Crippen LogP contribution >= 0.6 is 11.3 Å². The quantitative estimate of drug-likeness (QED) is 0.859. The zero-order chi connectivity index (χ0) is 11.6. The van der Waals surface area contributed by atoms with Gasteiger partial charge in [0, 0.05) is 14.1 Å². The number of nitrogens with zero attached hydrogens (tertiary/aromatic N) is 1. The van der Waals surface area contributed by atoms with Gasteiger partial charge < -0.3 is 10.6 Å². The lowest BCUT2D eigenvalue weighted by molar-refractivity contribution is 0.0828. The van der Waals surface area contributed by atoms with Crippen LogP contribution in [0.15, 0.2) is 5.38 Å². The van der Waals surface area contributed by atoms with Crippen LogP contribution in [0.4, 0.5) is 5.00 Å². The van der Waals surface area contributed by atoms with Crippen LogP contribution < -0.4 is 5.73 Å². The van der Waals surface area contributed by atoms with Crippen LogP contribution in [0, 0.1) is 5.92 Å². The molecule has 0 aliphatic heterocycles. The minimum absolute atomic E-state index is 0.00407. The molecule has 4 heteroatoms. The minimum atomic E-state index is 0.00407. The number of rotatable bonds is 3. The van der Waals surface area contributed by atoms with Gasteiger partial charge in [0.1, 0.15) is 0 Å². The van der Waals surface area contributed by atoms with Gasteiger partial charge in [-0.15, -0.1) is 11.3 Å². The van der Waals surface area contributed by atoms with Gasteiger partial charge in [0.05, 0.1) is 10.6 Å². The zero-order valence-electron chi connectivity index (χ0n) is 9.70. The van der Waals surface area contributed by atoms with Gasteiger partial charge in [-0.3, -0.25) is 4.79 Å². The number of hydrogen-bond acceptors (Lipinski definition) is 3. The van der Waals surface area contributed by atoms with Crippen molar-refractivity contribution in [1.29, 1.82) is 0 Å². The van der Waals surface area contributed by atoms with Crippen molar-refractivity contribution < 1.29 is 4.79 Å². The lowest BCUT2D eigenvalue weighted by atomic mass is 10.0. The molecule has 84 valence electrons. The van der Waals surface area contributed by atoms with E-state index in [1.165, 1.54) is 11.3 Å². The van der Waals surface area contributed by atoms with Crippen molar-refractivity contribution in [1.82, 2.24) is 4.90 Å². The maximum atomic E-state index is 11.9. The van der Waals surface area contributed by atoms with Gasteiger partial charge in [-0.1, -0.05) is 13.8 Å². The first-order chi connectivity index (χ1) is 6.93. The molecule has 3 nitrogen and oxygen atoms in total. The zero-order valence-corrected chi connectivity index (χ0v) is 10.5. The number of amides is 1. The van der Waals surface area contributed by atoms with Gasteiger partial charge >= 0.3 is 0 Å². The smallest absolute Gasteiger partial charge is 0.256 e. The molecule has 0 aliphatic carbocycles. The molecule has 0 aromatic carbocycles. The second-order valence-corrected chi connectivity index (χ2v) is 5.21. The molecule has 0 spiro atoms. The van der Waals surface area contributed by atoms with Crippen molar-refractivity contribution in [3.63, 3.8) is 0 Å². The summed E-state index contributed by atoms with van der Waals surface area (Å²) in [5, 5.41) is 2.62. The Hall–Kier alpha value is -1.03. The predicted octanol–water partition coefficient (Wildman–Crippen LogP) is 2.23. The van der Waals surface area contributed by atoms with Gasteiger partial charge in [0.2, 0.25) is 0 Å². The van der Waals surface area contributed by atoms with E-state index in [1.54, 1.807) is 19.0 Å². The number of hydrogen-bond donors (Lipinski definition) is 1. The molecule has 1 heterocycles. The highest BCUT2D eigenvalue weighted by Gasteiger charge is 2.19. The predicted molar refractivity (Wildman–Crippen MR) is 65.3 cm³/mol. The van der Waals surface area contributed by atoms with E-state index in [1.807, 2.05) is 5.38 Å². The van der Waals surface area contributed by atoms with Crippen molar-refractivity contribution in [2.24, 2.45) is 5.92 Å². The largest absolute Gasteiger partial charge is 0.390 e. The van der Waals surface area contributed by atoms with E-state index < -0.39 is 0 Å². The van der Waals surface area contributed by atoms with E-state index in [0.29, 0.717) is 16.5 Å². The molecule has 0 unspecified atom stereocenters. The number of thiophene rings is 1. The molecule has 2 N–H and O–H groups in total. The van der Waals surface area contributed by atoms with Crippen LogP contribution in [0.3, 0.4) is 0 Å². The Labute approximate surface area is 94.9 Å². The van der Waals surface area contributed by atoms with Gasteiger partial charge in [0.15, 0.2) is 0 Å². The highest BCUT2D eigenvalue weighted by atomic mass is 32.1. The number of nitrogens with two attached hydrogens (primary N) is 1. The molecule has 0 saturated heterocycles. The van der Waals surface area contributed by atoms with Crippen LogP contribution in [0.5, 0.6) is 0 Å². The second-order valence-electron chi connectivity index (χ2n) is 4.30. The summed E-state index contributed by atoms with van der Waals surface area (Å²) in [4.78, 5) is 13.5. The molecular weight excluding hydrogens is 208 g/mol. The monoisotopic (exact) mass is 226 g/mol. The van der Waals surface area contributed by atoms with Crippen molar-refractivity contribution in [3.8, 4) is 0 Å². The van der Waals surface area contributed by atoms with Gasteiger partial charge in [-0.2, -0.15) is 0 Å². The molecule has 0 saturated carbocycles.